The van der Waals surface area contributed by atoms with E-state index in [0.29, 0.717) is 6.04 Å². The topological polar surface area (TPSA) is 16.1 Å². The zero-order valence-corrected chi connectivity index (χ0v) is 11.8. The highest BCUT2D eigenvalue weighted by Gasteiger charge is 2.09. The van der Waals surface area contributed by atoms with Crippen molar-refractivity contribution >= 4 is 26.8 Å². The second-order valence-corrected chi connectivity index (χ2v) is 5.05. The van der Waals surface area contributed by atoms with Crippen LogP contribution < -0.4 is 0 Å². The predicted octanol–water partition coefficient (Wildman–Crippen LogP) is 3.45. The summed E-state index contributed by atoms with van der Waals surface area (Å²) in [6, 6.07) is 10.9. The van der Waals surface area contributed by atoms with Crippen molar-refractivity contribution in [3.05, 3.63) is 42.1 Å². The molecule has 0 saturated heterocycles. The van der Waals surface area contributed by atoms with E-state index in [9.17, 15) is 0 Å². The van der Waals surface area contributed by atoms with Gasteiger partial charge in [-0.15, -0.1) is 0 Å². The van der Waals surface area contributed by atoms with E-state index >= 15 is 0 Å². The Morgan fingerprint density at radius 2 is 2.06 bits per heavy atom. The van der Waals surface area contributed by atoms with Crippen molar-refractivity contribution < 1.29 is 0 Å². The largest absolute Gasteiger partial charge is 0.299 e. The molecule has 0 fully saturated rings. The average molecular weight is 293 g/mol. The summed E-state index contributed by atoms with van der Waals surface area (Å²) in [6.07, 6.45) is 1.89. The molecular formula is C14H17BrN2. The number of aromatic nitrogens is 1. The second-order valence-electron chi connectivity index (χ2n) is 4.41. The van der Waals surface area contributed by atoms with Crippen LogP contribution in [-0.2, 0) is 6.54 Å². The number of nitrogens with zero attached hydrogens (tertiary/aromatic N) is 2. The lowest BCUT2D eigenvalue weighted by molar-refractivity contribution is 0.271. The van der Waals surface area contributed by atoms with Gasteiger partial charge in [-0.2, -0.15) is 0 Å². The van der Waals surface area contributed by atoms with Crippen molar-refractivity contribution in [1.29, 1.82) is 0 Å². The van der Waals surface area contributed by atoms with Gasteiger partial charge in [0.2, 0.25) is 0 Å². The molecule has 0 saturated carbocycles. The van der Waals surface area contributed by atoms with Crippen molar-refractivity contribution in [1.82, 2.24) is 9.88 Å². The van der Waals surface area contributed by atoms with Crippen molar-refractivity contribution in [3.63, 3.8) is 0 Å². The maximum atomic E-state index is 4.39. The number of hydrogen-bond donors (Lipinski definition) is 0. The van der Waals surface area contributed by atoms with Gasteiger partial charge in [-0.05, 0) is 31.7 Å². The Morgan fingerprint density at radius 1 is 1.29 bits per heavy atom. The van der Waals surface area contributed by atoms with E-state index in [0.717, 1.165) is 17.4 Å². The lowest BCUT2D eigenvalue weighted by Gasteiger charge is -2.23. The molecule has 1 atom stereocenters. The Kier molecular flexibility index (Phi) is 4.13. The van der Waals surface area contributed by atoms with E-state index in [4.69, 9.17) is 0 Å². The Morgan fingerprint density at radius 3 is 2.82 bits per heavy atom. The maximum Gasteiger partial charge on any atom is 0.0705 e. The number of pyridine rings is 1. The lowest BCUT2D eigenvalue weighted by atomic mass is 10.1. The fraction of sp³-hybridized carbons (Fsp3) is 0.357. The molecule has 3 heteroatoms. The summed E-state index contributed by atoms with van der Waals surface area (Å²) >= 11 is 3.52. The molecule has 1 aromatic heterocycles. The van der Waals surface area contributed by atoms with Crippen LogP contribution in [-0.4, -0.2) is 28.3 Å². The van der Waals surface area contributed by atoms with Crippen LogP contribution in [0.5, 0.6) is 0 Å². The van der Waals surface area contributed by atoms with Gasteiger partial charge in [0.15, 0.2) is 0 Å². The molecule has 1 aromatic carbocycles. The van der Waals surface area contributed by atoms with Crippen LogP contribution in [0.4, 0.5) is 0 Å². The fourth-order valence-electron chi connectivity index (χ4n) is 1.84. The number of fused-ring (bicyclic) bond motifs is 1. The molecular weight excluding hydrogens is 276 g/mol. The highest BCUT2D eigenvalue weighted by molar-refractivity contribution is 9.09. The minimum absolute atomic E-state index is 0.530. The summed E-state index contributed by atoms with van der Waals surface area (Å²) in [5, 5.41) is 2.25. The van der Waals surface area contributed by atoms with Gasteiger partial charge in [0.05, 0.1) is 5.52 Å². The predicted molar refractivity (Wildman–Crippen MR) is 76.5 cm³/mol. The Labute approximate surface area is 111 Å². The van der Waals surface area contributed by atoms with Crippen molar-refractivity contribution in [2.45, 2.75) is 19.5 Å². The Hall–Kier alpha value is -0.930. The molecule has 0 bridgehead atoms. The first-order valence-corrected chi connectivity index (χ1v) is 6.93. The maximum absolute atomic E-state index is 4.39. The molecule has 2 nitrogen and oxygen atoms in total. The highest BCUT2D eigenvalue weighted by Crippen LogP contribution is 2.18. The van der Waals surface area contributed by atoms with E-state index in [1.165, 1.54) is 10.9 Å². The van der Waals surface area contributed by atoms with Crippen LogP contribution in [0.15, 0.2) is 36.5 Å². The van der Waals surface area contributed by atoms with Gasteiger partial charge in [0, 0.05) is 29.5 Å². The summed E-state index contributed by atoms with van der Waals surface area (Å²) in [5.74, 6) is 0. The van der Waals surface area contributed by atoms with Crippen molar-refractivity contribution in [2.24, 2.45) is 0 Å². The standard InChI is InChI=1S/C14H17BrN2/c1-11(9-15)17(2)10-12-7-8-16-14-6-4-3-5-13(12)14/h3-8,11H,9-10H2,1-2H3. The number of benzene rings is 1. The third-order valence-corrected chi connectivity index (χ3v) is 4.07. The minimum Gasteiger partial charge on any atom is -0.299 e. The summed E-state index contributed by atoms with van der Waals surface area (Å²) in [5.41, 5.74) is 2.41. The van der Waals surface area contributed by atoms with E-state index < -0.39 is 0 Å². The summed E-state index contributed by atoms with van der Waals surface area (Å²) < 4.78 is 0. The summed E-state index contributed by atoms with van der Waals surface area (Å²) in [6.45, 7) is 3.17. The molecule has 0 N–H and O–H groups in total. The van der Waals surface area contributed by atoms with Gasteiger partial charge >= 0.3 is 0 Å². The van der Waals surface area contributed by atoms with Gasteiger partial charge in [0.1, 0.15) is 0 Å². The summed E-state index contributed by atoms with van der Waals surface area (Å²) in [7, 11) is 2.15. The first-order chi connectivity index (χ1) is 8.22. The van der Waals surface area contributed by atoms with Crippen LogP contribution in [0.1, 0.15) is 12.5 Å². The van der Waals surface area contributed by atoms with E-state index in [2.05, 4.69) is 64.1 Å². The lowest BCUT2D eigenvalue weighted by Crippen LogP contribution is -2.29. The first-order valence-electron chi connectivity index (χ1n) is 5.81. The summed E-state index contributed by atoms with van der Waals surface area (Å²) in [4.78, 5) is 6.73. The second kappa shape index (κ2) is 5.61. The van der Waals surface area contributed by atoms with Crippen LogP contribution >= 0.6 is 15.9 Å². The third kappa shape index (κ3) is 2.85. The van der Waals surface area contributed by atoms with E-state index in [1.54, 1.807) is 0 Å². The zero-order chi connectivity index (χ0) is 12.3. The van der Waals surface area contributed by atoms with E-state index in [1.807, 2.05) is 12.3 Å². The number of hydrogen-bond acceptors (Lipinski definition) is 2. The van der Waals surface area contributed by atoms with Gasteiger partial charge in [-0.1, -0.05) is 34.1 Å². The molecule has 1 heterocycles. The molecule has 90 valence electrons. The fourth-order valence-corrected chi connectivity index (χ4v) is 2.33. The van der Waals surface area contributed by atoms with Crippen molar-refractivity contribution in [3.8, 4) is 0 Å². The quantitative estimate of drug-likeness (QED) is 0.803. The van der Waals surface area contributed by atoms with Crippen LogP contribution in [0.3, 0.4) is 0 Å². The molecule has 2 rings (SSSR count). The Bertz CT molecular complexity index is 493. The Balaban J connectivity index is 2.30. The van der Waals surface area contributed by atoms with Gasteiger partial charge in [0.25, 0.3) is 0 Å². The van der Waals surface area contributed by atoms with Crippen molar-refractivity contribution in [2.75, 3.05) is 12.4 Å². The van der Waals surface area contributed by atoms with E-state index in [-0.39, 0.29) is 0 Å². The first kappa shape index (κ1) is 12.5. The SMILES string of the molecule is CC(CBr)N(C)Cc1ccnc2ccccc12. The molecule has 0 spiro atoms. The van der Waals surface area contributed by atoms with Gasteiger partial charge in [-0.3, -0.25) is 9.88 Å². The number of halogens is 1. The van der Waals surface area contributed by atoms with Crippen LogP contribution in [0.25, 0.3) is 10.9 Å². The normalized spacial score (nSPS) is 13.2. The molecule has 0 amide bonds. The molecule has 0 aliphatic carbocycles. The molecule has 17 heavy (non-hydrogen) atoms. The molecule has 0 aliphatic heterocycles. The molecule has 0 radical (unpaired) electrons. The van der Waals surface area contributed by atoms with Gasteiger partial charge < -0.3 is 0 Å². The average Bonchev–Trinajstić information content (AvgIpc) is 2.38. The third-order valence-electron chi connectivity index (χ3n) is 3.13. The monoisotopic (exact) mass is 292 g/mol. The minimum atomic E-state index is 0.530. The smallest absolute Gasteiger partial charge is 0.0705 e. The highest BCUT2D eigenvalue weighted by atomic mass is 79.9. The molecule has 2 aromatic rings. The van der Waals surface area contributed by atoms with Crippen LogP contribution in [0, 0.1) is 0 Å². The van der Waals surface area contributed by atoms with Gasteiger partial charge in [-0.25, -0.2) is 0 Å². The number of alkyl halides is 1. The zero-order valence-electron chi connectivity index (χ0n) is 10.2. The molecule has 0 aliphatic rings. The number of rotatable bonds is 4. The molecule has 1 unspecified atom stereocenters. The number of para-hydroxylation sites is 1. The van der Waals surface area contributed by atoms with Crippen LogP contribution in [0.2, 0.25) is 0 Å².